The minimum atomic E-state index is 0.237. The number of aliphatic imine (C=N–C) groups is 1. The summed E-state index contributed by atoms with van der Waals surface area (Å²) in [5.74, 6) is 1.24. The van der Waals surface area contributed by atoms with Crippen molar-refractivity contribution in [1.82, 2.24) is 10.2 Å². The fraction of sp³-hybridized carbons (Fsp3) is 0.619. The van der Waals surface area contributed by atoms with Crippen LogP contribution in [-0.2, 0) is 11.2 Å². The lowest BCUT2D eigenvalue weighted by molar-refractivity contribution is -0.118. The minimum absolute atomic E-state index is 0.237. The summed E-state index contributed by atoms with van der Waals surface area (Å²) in [7, 11) is 1.86. The summed E-state index contributed by atoms with van der Waals surface area (Å²) in [5.41, 5.74) is 2.97. The van der Waals surface area contributed by atoms with Gasteiger partial charge in [-0.3, -0.25) is 9.79 Å². The lowest BCUT2D eigenvalue weighted by Gasteiger charge is -2.38. The maximum atomic E-state index is 12.6. The number of hydrogen-bond donors (Lipinski definition) is 1. The maximum absolute atomic E-state index is 12.6. The van der Waals surface area contributed by atoms with E-state index in [1.165, 1.54) is 31.2 Å². The minimum Gasteiger partial charge on any atom is -0.356 e. The van der Waals surface area contributed by atoms with Crippen LogP contribution in [0.2, 0.25) is 0 Å². The zero-order valence-corrected chi connectivity index (χ0v) is 15.8. The fourth-order valence-corrected chi connectivity index (χ4v) is 4.71. The topological polar surface area (TPSA) is 47.9 Å². The molecule has 1 aromatic carbocycles. The Labute approximate surface area is 156 Å². The number of amides is 1. The smallest absolute Gasteiger partial charge is 0.227 e. The Kier molecular flexibility index (Phi) is 4.88. The van der Waals surface area contributed by atoms with E-state index in [4.69, 9.17) is 0 Å². The second-order valence-corrected chi connectivity index (χ2v) is 8.03. The van der Waals surface area contributed by atoms with E-state index in [1.807, 2.05) is 18.0 Å². The molecule has 1 aliphatic carbocycles. The van der Waals surface area contributed by atoms with Crippen LogP contribution >= 0.6 is 0 Å². The molecule has 0 aromatic heterocycles. The number of carbonyl (C=O) groups is 1. The van der Waals surface area contributed by atoms with Gasteiger partial charge in [-0.2, -0.15) is 0 Å². The van der Waals surface area contributed by atoms with E-state index in [-0.39, 0.29) is 5.91 Å². The van der Waals surface area contributed by atoms with Gasteiger partial charge in [0, 0.05) is 45.3 Å². The Bertz CT molecular complexity index is 695. The summed E-state index contributed by atoms with van der Waals surface area (Å²) in [5, 5.41) is 3.47. The van der Waals surface area contributed by atoms with E-state index in [0.717, 1.165) is 50.7 Å². The third kappa shape index (κ3) is 3.31. The normalized spacial score (nSPS) is 21.0. The molecule has 1 saturated carbocycles. The standard InChI is InChI=1S/C21H30N4O/c1-22-20(24-15-12-21(16-24)10-5-11-21)23-13-4-8-19(26)25-14-9-17-6-2-3-7-18(17)25/h2-3,6-7H,4-5,8-16H2,1H3,(H,22,23). The quantitative estimate of drug-likeness (QED) is 0.514. The zero-order valence-electron chi connectivity index (χ0n) is 15.8. The van der Waals surface area contributed by atoms with Crippen LogP contribution in [0.1, 0.15) is 44.1 Å². The van der Waals surface area contributed by atoms with Gasteiger partial charge in [0.2, 0.25) is 5.91 Å². The van der Waals surface area contributed by atoms with E-state index >= 15 is 0 Å². The number of nitrogens with zero attached hydrogens (tertiary/aromatic N) is 3. The number of hydrogen-bond acceptors (Lipinski definition) is 2. The van der Waals surface area contributed by atoms with E-state index in [2.05, 4.69) is 33.4 Å². The number of rotatable bonds is 4. The molecular weight excluding hydrogens is 324 g/mol. The van der Waals surface area contributed by atoms with Crippen LogP contribution in [0.4, 0.5) is 5.69 Å². The SMILES string of the molecule is CN=C(NCCCC(=O)N1CCc2ccccc21)N1CCC2(CCC2)C1. The number of carbonyl (C=O) groups excluding carboxylic acids is 1. The van der Waals surface area contributed by atoms with Crippen molar-refractivity contribution in [1.29, 1.82) is 0 Å². The molecule has 3 aliphatic rings. The van der Waals surface area contributed by atoms with Crippen molar-refractivity contribution in [3.8, 4) is 0 Å². The Hall–Kier alpha value is -2.04. The number of nitrogens with one attached hydrogen (secondary N) is 1. The highest BCUT2D eigenvalue weighted by atomic mass is 16.2. The molecule has 1 N–H and O–H groups in total. The van der Waals surface area contributed by atoms with Crippen LogP contribution in [0.5, 0.6) is 0 Å². The van der Waals surface area contributed by atoms with E-state index in [0.29, 0.717) is 11.8 Å². The molecule has 1 aromatic rings. The van der Waals surface area contributed by atoms with Crippen LogP contribution < -0.4 is 10.2 Å². The molecule has 2 heterocycles. The van der Waals surface area contributed by atoms with Crippen molar-refractivity contribution in [3.63, 3.8) is 0 Å². The van der Waals surface area contributed by atoms with Crippen molar-refractivity contribution < 1.29 is 4.79 Å². The molecule has 0 atom stereocenters. The van der Waals surface area contributed by atoms with Crippen molar-refractivity contribution in [3.05, 3.63) is 29.8 Å². The molecule has 0 unspecified atom stereocenters. The van der Waals surface area contributed by atoms with Gasteiger partial charge in [-0.25, -0.2) is 0 Å². The molecule has 1 spiro atoms. The van der Waals surface area contributed by atoms with Gasteiger partial charge in [0.25, 0.3) is 0 Å². The third-order valence-electron chi connectivity index (χ3n) is 6.40. The van der Waals surface area contributed by atoms with Gasteiger partial charge in [0.05, 0.1) is 0 Å². The van der Waals surface area contributed by atoms with Crippen LogP contribution in [0, 0.1) is 5.41 Å². The first-order chi connectivity index (χ1) is 12.7. The summed E-state index contributed by atoms with van der Waals surface area (Å²) in [6.07, 6.45) is 7.86. The molecule has 1 saturated heterocycles. The van der Waals surface area contributed by atoms with Gasteiger partial charge < -0.3 is 15.1 Å². The summed E-state index contributed by atoms with van der Waals surface area (Å²) < 4.78 is 0. The molecule has 2 aliphatic heterocycles. The molecule has 2 fully saturated rings. The molecule has 140 valence electrons. The first kappa shape index (κ1) is 17.4. The fourth-order valence-electron chi connectivity index (χ4n) is 4.71. The number of guanidine groups is 1. The Morgan fingerprint density at radius 2 is 2.08 bits per heavy atom. The van der Waals surface area contributed by atoms with Gasteiger partial charge in [0.1, 0.15) is 0 Å². The molecule has 4 rings (SSSR count). The second kappa shape index (κ2) is 7.29. The van der Waals surface area contributed by atoms with Crippen LogP contribution in [0.25, 0.3) is 0 Å². The number of likely N-dealkylation sites (tertiary alicyclic amines) is 1. The summed E-state index contributed by atoms with van der Waals surface area (Å²) in [6.45, 7) is 3.89. The summed E-state index contributed by atoms with van der Waals surface area (Å²) >= 11 is 0. The predicted octanol–water partition coefficient (Wildman–Crippen LogP) is 2.81. The molecular formula is C21H30N4O. The van der Waals surface area contributed by atoms with Crippen molar-refractivity contribution >= 4 is 17.6 Å². The first-order valence-corrected chi connectivity index (χ1v) is 10.0. The van der Waals surface area contributed by atoms with Crippen LogP contribution in [-0.4, -0.2) is 50.0 Å². The first-order valence-electron chi connectivity index (χ1n) is 10.0. The number of fused-ring (bicyclic) bond motifs is 1. The molecule has 0 radical (unpaired) electrons. The molecule has 1 amide bonds. The van der Waals surface area contributed by atoms with Crippen molar-refractivity contribution in [2.75, 3.05) is 38.1 Å². The zero-order chi connectivity index (χ0) is 18.0. The maximum Gasteiger partial charge on any atom is 0.227 e. The molecule has 0 bridgehead atoms. The number of para-hydroxylation sites is 1. The van der Waals surface area contributed by atoms with E-state index < -0.39 is 0 Å². The van der Waals surface area contributed by atoms with Crippen LogP contribution in [0.3, 0.4) is 0 Å². The second-order valence-electron chi connectivity index (χ2n) is 8.03. The van der Waals surface area contributed by atoms with E-state index in [1.54, 1.807) is 0 Å². The Morgan fingerprint density at radius 1 is 1.23 bits per heavy atom. The number of benzene rings is 1. The third-order valence-corrected chi connectivity index (χ3v) is 6.40. The van der Waals surface area contributed by atoms with Gasteiger partial charge in [-0.05, 0) is 49.1 Å². The highest BCUT2D eigenvalue weighted by Crippen LogP contribution is 2.47. The lowest BCUT2D eigenvalue weighted by Crippen LogP contribution is -2.43. The van der Waals surface area contributed by atoms with Gasteiger partial charge in [0.15, 0.2) is 5.96 Å². The monoisotopic (exact) mass is 354 g/mol. The van der Waals surface area contributed by atoms with Crippen molar-refractivity contribution in [2.45, 2.75) is 44.9 Å². The molecule has 5 nitrogen and oxygen atoms in total. The largest absolute Gasteiger partial charge is 0.356 e. The lowest BCUT2D eigenvalue weighted by atomic mass is 9.68. The predicted molar refractivity (Wildman–Crippen MR) is 106 cm³/mol. The highest BCUT2D eigenvalue weighted by Gasteiger charge is 2.43. The van der Waals surface area contributed by atoms with Crippen molar-refractivity contribution in [2.24, 2.45) is 10.4 Å². The van der Waals surface area contributed by atoms with Gasteiger partial charge >= 0.3 is 0 Å². The van der Waals surface area contributed by atoms with Gasteiger partial charge in [-0.1, -0.05) is 24.6 Å². The average Bonchev–Trinajstić information content (AvgIpc) is 3.26. The Balaban J connectivity index is 1.22. The number of anilines is 1. The highest BCUT2D eigenvalue weighted by molar-refractivity contribution is 5.95. The van der Waals surface area contributed by atoms with Crippen LogP contribution in [0.15, 0.2) is 29.3 Å². The summed E-state index contributed by atoms with van der Waals surface area (Å²) in [4.78, 5) is 21.4. The summed E-state index contributed by atoms with van der Waals surface area (Å²) in [6, 6.07) is 8.25. The van der Waals surface area contributed by atoms with Gasteiger partial charge in [-0.15, -0.1) is 0 Å². The van der Waals surface area contributed by atoms with E-state index in [9.17, 15) is 4.79 Å². The molecule has 5 heteroatoms. The Morgan fingerprint density at radius 3 is 2.81 bits per heavy atom. The molecule has 26 heavy (non-hydrogen) atoms. The average molecular weight is 354 g/mol.